The van der Waals surface area contributed by atoms with E-state index in [1.54, 1.807) is 0 Å². The summed E-state index contributed by atoms with van der Waals surface area (Å²) in [7, 11) is 0. The Labute approximate surface area is 97.8 Å². The fraction of sp³-hybridized carbons (Fsp3) is 0.571. The van der Waals surface area contributed by atoms with Gasteiger partial charge in [-0.2, -0.15) is 0 Å². The van der Waals surface area contributed by atoms with E-state index in [9.17, 15) is 0 Å². The summed E-state index contributed by atoms with van der Waals surface area (Å²) >= 11 is 0. The molecular weight excluding hydrogens is 198 g/mol. The SMILES string of the molecule is CC(C)Oc1ccc2c(c1)C(N)C(C)C2C. The molecule has 0 bridgehead atoms. The van der Waals surface area contributed by atoms with E-state index in [1.165, 1.54) is 11.1 Å². The summed E-state index contributed by atoms with van der Waals surface area (Å²) < 4.78 is 5.70. The fourth-order valence-electron chi connectivity index (χ4n) is 2.48. The summed E-state index contributed by atoms with van der Waals surface area (Å²) in [5.41, 5.74) is 8.87. The lowest BCUT2D eigenvalue weighted by atomic mass is 9.95. The standard InChI is InChI=1S/C14H21NO/c1-8(2)16-11-5-6-12-9(3)10(4)14(15)13(12)7-11/h5-10,14H,15H2,1-4H3. The molecule has 2 rings (SSSR count). The molecule has 1 aliphatic carbocycles. The minimum atomic E-state index is 0.153. The van der Waals surface area contributed by atoms with E-state index < -0.39 is 0 Å². The molecule has 1 aromatic rings. The third-order valence-electron chi connectivity index (χ3n) is 3.63. The van der Waals surface area contributed by atoms with Crippen molar-refractivity contribution in [3.63, 3.8) is 0 Å². The molecule has 3 unspecified atom stereocenters. The van der Waals surface area contributed by atoms with Crippen molar-refractivity contribution in [2.24, 2.45) is 11.7 Å². The zero-order chi connectivity index (χ0) is 11.9. The Morgan fingerprint density at radius 1 is 1.19 bits per heavy atom. The number of nitrogens with two attached hydrogens (primary N) is 1. The average molecular weight is 219 g/mol. The van der Waals surface area contributed by atoms with E-state index in [-0.39, 0.29) is 12.1 Å². The van der Waals surface area contributed by atoms with Crippen LogP contribution < -0.4 is 10.5 Å². The molecule has 88 valence electrons. The lowest BCUT2D eigenvalue weighted by Gasteiger charge is -2.13. The van der Waals surface area contributed by atoms with Crippen LogP contribution in [-0.4, -0.2) is 6.10 Å². The monoisotopic (exact) mass is 219 g/mol. The van der Waals surface area contributed by atoms with Crippen molar-refractivity contribution in [3.05, 3.63) is 29.3 Å². The molecule has 0 fully saturated rings. The Hall–Kier alpha value is -1.02. The maximum Gasteiger partial charge on any atom is 0.120 e. The van der Waals surface area contributed by atoms with Crippen LogP contribution in [0.5, 0.6) is 5.75 Å². The van der Waals surface area contributed by atoms with Gasteiger partial charge in [-0.25, -0.2) is 0 Å². The van der Waals surface area contributed by atoms with Gasteiger partial charge in [0.25, 0.3) is 0 Å². The third-order valence-corrected chi connectivity index (χ3v) is 3.63. The number of hydrogen-bond donors (Lipinski definition) is 1. The molecule has 16 heavy (non-hydrogen) atoms. The van der Waals surface area contributed by atoms with Crippen molar-refractivity contribution in [1.82, 2.24) is 0 Å². The van der Waals surface area contributed by atoms with Gasteiger partial charge in [0.15, 0.2) is 0 Å². The highest BCUT2D eigenvalue weighted by Gasteiger charge is 2.32. The first kappa shape index (κ1) is 11.5. The second kappa shape index (κ2) is 4.10. The van der Waals surface area contributed by atoms with Gasteiger partial charge in [-0.3, -0.25) is 0 Å². The normalized spacial score (nSPS) is 28.2. The van der Waals surface area contributed by atoms with Gasteiger partial charge in [-0.05, 0) is 48.9 Å². The van der Waals surface area contributed by atoms with Crippen LogP contribution in [0, 0.1) is 5.92 Å². The van der Waals surface area contributed by atoms with Gasteiger partial charge in [0.2, 0.25) is 0 Å². The average Bonchev–Trinajstić information content (AvgIpc) is 2.43. The largest absolute Gasteiger partial charge is 0.491 e. The molecule has 3 atom stereocenters. The van der Waals surface area contributed by atoms with Gasteiger partial charge in [-0.1, -0.05) is 19.9 Å². The highest BCUT2D eigenvalue weighted by atomic mass is 16.5. The number of benzene rings is 1. The van der Waals surface area contributed by atoms with Crippen molar-refractivity contribution in [2.75, 3.05) is 0 Å². The Balaban J connectivity index is 2.34. The Morgan fingerprint density at radius 2 is 1.88 bits per heavy atom. The first-order chi connectivity index (χ1) is 7.50. The molecule has 0 spiro atoms. The van der Waals surface area contributed by atoms with Crippen LogP contribution in [-0.2, 0) is 0 Å². The number of hydrogen-bond acceptors (Lipinski definition) is 2. The number of fused-ring (bicyclic) bond motifs is 1. The highest BCUT2D eigenvalue weighted by molar-refractivity contribution is 5.43. The van der Waals surface area contributed by atoms with Gasteiger partial charge in [0.1, 0.15) is 5.75 Å². The predicted octanol–water partition coefficient (Wildman–Crippen LogP) is 3.23. The second-order valence-corrected chi connectivity index (χ2v) is 5.13. The molecule has 2 N–H and O–H groups in total. The van der Waals surface area contributed by atoms with Gasteiger partial charge >= 0.3 is 0 Å². The maximum absolute atomic E-state index is 6.22. The minimum Gasteiger partial charge on any atom is -0.491 e. The van der Waals surface area contributed by atoms with Crippen LogP contribution in [0.3, 0.4) is 0 Å². The number of ether oxygens (including phenoxy) is 1. The van der Waals surface area contributed by atoms with Crippen molar-refractivity contribution in [1.29, 1.82) is 0 Å². The molecule has 2 heteroatoms. The predicted molar refractivity (Wildman–Crippen MR) is 66.7 cm³/mol. The van der Waals surface area contributed by atoms with Crippen molar-refractivity contribution < 1.29 is 4.74 Å². The molecule has 2 nitrogen and oxygen atoms in total. The lowest BCUT2D eigenvalue weighted by molar-refractivity contribution is 0.242. The summed E-state index contributed by atoms with van der Waals surface area (Å²) in [4.78, 5) is 0. The van der Waals surface area contributed by atoms with E-state index in [4.69, 9.17) is 10.5 Å². The Morgan fingerprint density at radius 3 is 2.50 bits per heavy atom. The van der Waals surface area contributed by atoms with Crippen LogP contribution in [0.25, 0.3) is 0 Å². The molecule has 0 amide bonds. The minimum absolute atomic E-state index is 0.153. The van der Waals surface area contributed by atoms with Gasteiger partial charge < -0.3 is 10.5 Å². The zero-order valence-electron chi connectivity index (χ0n) is 10.5. The van der Waals surface area contributed by atoms with Crippen molar-refractivity contribution >= 4 is 0 Å². The van der Waals surface area contributed by atoms with E-state index in [0.717, 1.165) is 5.75 Å². The molecule has 0 aromatic heterocycles. The van der Waals surface area contributed by atoms with Crippen LogP contribution in [0.4, 0.5) is 0 Å². The molecule has 0 heterocycles. The maximum atomic E-state index is 6.22. The fourth-order valence-corrected chi connectivity index (χ4v) is 2.48. The smallest absolute Gasteiger partial charge is 0.120 e. The van der Waals surface area contributed by atoms with E-state index in [0.29, 0.717) is 11.8 Å². The summed E-state index contributed by atoms with van der Waals surface area (Å²) in [5.74, 6) is 2.01. The van der Waals surface area contributed by atoms with Crippen molar-refractivity contribution in [3.8, 4) is 5.75 Å². The molecule has 0 saturated carbocycles. The molecule has 0 radical (unpaired) electrons. The molecule has 1 aliphatic rings. The number of rotatable bonds is 2. The van der Waals surface area contributed by atoms with Crippen LogP contribution in [0.2, 0.25) is 0 Å². The lowest BCUT2D eigenvalue weighted by Crippen LogP contribution is -2.15. The van der Waals surface area contributed by atoms with Crippen LogP contribution >= 0.6 is 0 Å². The first-order valence-corrected chi connectivity index (χ1v) is 6.06. The van der Waals surface area contributed by atoms with E-state index in [2.05, 4.69) is 32.0 Å². The van der Waals surface area contributed by atoms with E-state index >= 15 is 0 Å². The van der Waals surface area contributed by atoms with Crippen LogP contribution in [0.1, 0.15) is 50.8 Å². The molecule has 0 aliphatic heterocycles. The van der Waals surface area contributed by atoms with Crippen molar-refractivity contribution in [2.45, 2.75) is 45.8 Å². The Kier molecular flexibility index (Phi) is 2.94. The summed E-state index contributed by atoms with van der Waals surface area (Å²) in [6, 6.07) is 6.49. The van der Waals surface area contributed by atoms with Gasteiger partial charge in [0.05, 0.1) is 6.10 Å². The summed E-state index contributed by atoms with van der Waals surface area (Å²) in [5, 5.41) is 0. The second-order valence-electron chi connectivity index (χ2n) is 5.13. The third kappa shape index (κ3) is 1.82. The first-order valence-electron chi connectivity index (χ1n) is 6.06. The zero-order valence-corrected chi connectivity index (χ0v) is 10.5. The Bertz CT molecular complexity index is 386. The van der Waals surface area contributed by atoms with E-state index in [1.807, 2.05) is 13.8 Å². The summed E-state index contributed by atoms with van der Waals surface area (Å²) in [6.45, 7) is 8.55. The topological polar surface area (TPSA) is 35.2 Å². The molecule has 0 saturated heterocycles. The van der Waals surface area contributed by atoms with Gasteiger partial charge in [0, 0.05) is 6.04 Å². The molecule has 1 aromatic carbocycles. The summed E-state index contributed by atoms with van der Waals surface area (Å²) in [6.07, 6.45) is 0.213. The quantitative estimate of drug-likeness (QED) is 0.828. The van der Waals surface area contributed by atoms with Crippen LogP contribution in [0.15, 0.2) is 18.2 Å². The van der Waals surface area contributed by atoms with Gasteiger partial charge in [-0.15, -0.1) is 0 Å². The highest BCUT2D eigenvalue weighted by Crippen LogP contribution is 2.44. The molecular formula is C14H21NO.